The first-order chi connectivity index (χ1) is 3.21. The molecule has 1 heterocycles. The van der Waals surface area contributed by atoms with Crippen molar-refractivity contribution in [1.82, 2.24) is 0 Å². The van der Waals surface area contributed by atoms with E-state index in [0.717, 1.165) is 0 Å². The number of nitrogens with zero attached hydrogens (tertiary/aromatic N) is 1. The quantitative estimate of drug-likeness (QED) is 0.415. The molecule has 1 unspecified atom stereocenters. The zero-order chi connectivity index (χ0) is 5.33. The molecule has 0 saturated heterocycles. The molecule has 0 N–H and O–H groups in total. The van der Waals surface area contributed by atoms with E-state index in [9.17, 15) is 4.21 Å². The van der Waals surface area contributed by atoms with Crippen molar-refractivity contribution in [1.29, 1.82) is 0 Å². The van der Waals surface area contributed by atoms with Crippen molar-refractivity contribution in [2.45, 2.75) is 0 Å². The van der Waals surface area contributed by atoms with Gasteiger partial charge in [-0.1, -0.05) is 0 Å². The molecule has 0 aromatic heterocycles. The monoisotopic (exact) mass is 115 g/mol. The third kappa shape index (κ3) is 0.899. The number of hydrogen-bond acceptors (Lipinski definition) is 1. The van der Waals surface area contributed by atoms with E-state index < -0.39 is 9.71 Å². The Kier molecular flexibility index (Phi) is 0.785. The first-order valence-electron chi connectivity index (χ1n) is 1.80. The van der Waals surface area contributed by atoms with Crippen LogP contribution in [0.4, 0.5) is 0 Å². The normalized spacial score (nSPS) is 37.1. The minimum Gasteiger partial charge on any atom is -0.241 e. The lowest BCUT2D eigenvalue weighted by atomic mass is 10.7. The van der Waals surface area contributed by atoms with E-state index in [-0.39, 0.29) is 0 Å². The van der Waals surface area contributed by atoms with Gasteiger partial charge in [-0.2, -0.15) is 0 Å². The van der Waals surface area contributed by atoms with Crippen molar-refractivity contribution < 1.29 is 4.21 Å². The molecule has 0 fully saturated rings. The van der Waals surface area contributed by atoms with Crippen molar-refractivity contribution >= 4 is 21.8 Å². The standard InChI is InChI=1S/C4H5NOS/c1-7(6)4-2-3-5-7/h2-4H,1H2. The maximum absolute atomic E-state index is 10.6. The van der Waals surface area contributed by atoms with Crippen LogP contribution < -0.4 is 0 Å². The summed E-state index contributed by atoms with van der Waals surface area (Å²) in [6.45, 7) is 0. The second kappa shape index (κ2) is 1.20. The van der Waals surface area contributed by atoms with Crippen LogP contribution in [0.5, 0.6) is 0 Å². The molecular weight excluding hydrogens is 110 g/mol. The number of allylic oxidation sites excluding steroid dienone is 1. The van der Waals surface area contributed by atoms with E-state index in [1.54, 1.807) is 6.08 Å². The van der Waals surface area contributed by atoms with Crippen LogP contribution in [0.3, 0.4) is 0 Å². The maximum Gasteiger partial charge on any atom is 0.0875 e. The molecule has 0 spiro atoms. The van der Waals surface area contributed by atoms with Gasteiger partial charge in [-0.05, 0) is 11.9 Å². The van der Waals surface area contributed by atoms with Crippen LogP contribution in [0.2, 0.25) is 0 Å². The van der Waals surface area contributed by atoms with Crippen LogP contribution in [0, 0.1) is 0 Å². The molecule has 2 nitrogen and oxygen atoms in total. The molecule has 1 aliphatic rings. The van der Waals surface area contributed by atoms with Crippen molar-refractivity contribution in [3.63, 3.8) is 0 Å². The minimum atomic E-state index is -2.16. The van der Waals surface area contributed by atoms with Crippen LogP contribution in [0.1, 0.15) is 0 Å². The third-order valence-corrected chi connectivity index (χ3v) is 1.68. The second-order valence-corrected chi connectivity index (χ2v) is 3.14. The average Bonchev–Trinajstić information content (AvgIpc) is 1.84. The van der Waals surface area contributed by atoms with E-state index >= 15 is 0 Å². The summed E-state index contributed by atoms with van der Waals surface area (Å²) in [7, 11) is -2.16. The van der Waals surface area contributed by atoms with Crippen LogP contribution in [0.25, 0.3) is 0 Å². The molecule has 0 aromatic rings. The van der Waals surface area contributed by atoms with E-state index in [1.165, 1.54) is 11.6 Å². The fourth-order valence-electron chi connectivity index (χ4n) is 0.331. The number of rotatable bonds is 0. The average molecular weight is 115 g/mol. The summed E-state index contributed by atoms with van der Waals surface area (Å²) in [6, 6.07) is 0. The molecule has 1 atom stereocenters. The lowest BCUT2D eigenvalue weighted by Gasteiger charge is -1.81. The molecule has 7 heavy (non-hydrogen) atoms. The van der Waals surface area contributed by atoms with Crippen LogP contribution in [-0.2, 0) is 9.71 Å². The molecule has 0 aliphatic carbocycles. The van der Waals surface area contributed by atoms with Crippen LogP contribution in [0.15, 0.2) is 15.9 Å². The molecule has 0 saturated carbocycles. The van der Waals surface area contributed by atoms with Crippen molar-refractivity contribution in [2.75, 3.05) is 0 Å². The lowest BCUT2D eigenvalue weighted by molar-refractivity contribution is 0.688. The Labute approximate surface area is 42.7 Å². The Morgan fingerprint density at radius 3 is 2.57 bits per heavy atom. The zero-order valence-corrected chi connectivity index (χ0v) is 4.52. The van der Waals surface area contributed by atoms with Crippen LogP contribution >= 0.6 is 0 Å². The summed E-state index contributed by atoms with van der Waals surface area (Å²) < 4.78 is 14.1. The Balaban J connectivity index is 3.25. The minimum absolute atomic E-state index is 1.49. The van der Waals surface area contributed by atoms with Gasteiger partial charge >= 0.3 is 0 Å². The molecule has 38 valence electrons. The Hall–Kier alpha value is -0.570. The molecule has 0 aromatic carbocycles. The van der Waals surface area contributed by atoms with Gasteiger partial charge in [-0.25, -0.2) is 8.61 Å². The highest BCUT2D eigenvalue weighted by Gasteiger charge is 1.93. The van der Waals surface area contributed by atoms with Gasteiger partial charge in [0, 0.05) is 11.6 Å². The first-order valence-corrected chi connectivity index (χ1v) is 3.55. The van der Waals surface area contributed by atoms with Gasteiger partial charge in [-0.15, -0.1) is 0 Å². The van der Waals surface area contributed by atoms with E-state index in [4.69, 9.17) is 0 Å². The fourth-order valence-corrected chi connectivity index (χ4v) is 0.994. The van der Waals surface area contributed by atoms with Crippen molar-refractivity contribution in [2.24, 2.45) is 4.40 Å². The van der Waals surface area contributed by atoms with E-state index in [2.05, 4.69) is 10.3 Å². The zero-order valence-electron chi connectivity index (χ0n) is 3.70. The molecule has 1 aliphatic heterocycles. The van der Waals surface area contributed by atoms with Gasteiger partial charge < -0.3 is 0 Å². The molecule has 0 amide bonds. The Bertz CT molecular complexity index is 192. The lowest BCUT2D eigenvalue weighted by Crippen LogP contribution is -1.80. The van der Waals surface area contributed by atoms with Gasteiger partial charge in [0.2, 0.25) is 0 Å². The smallest absolute Gasteiger partial charge is 0.0875 e. The SMILES string of the molecule is C=S1(=O)C=CC=N1. The topological polar surface area (TPSA) is 29.4 Å². The summed E-state index contributed by atoms with van der Waals surface area (Å²) in [5, 5.41) is 1.49. The third-order valence-electron chi connectivity index (χ3n) is 0.617. The van der Waals surface area contributed by atoms with Gasteiger partial charge in [0.15, 0.2) is 0 Å². The number of hydrogen-bond donors (Lipinski definition) is 0. The molecule has 0 bridgehead atoms. The molecule has 0 radical (unpaired) electrons. The predicted molar refractivity (Wildman–Crippen MR) is 32.9 cm³/mol. The van der Waals surface area contributed by atoms with Gasteiger partial charge in [0.25, 0.3) is 0 Å². The van der Waals surface area contributed by atoms with E-state index in [1.807, 2.05) is 0 Å². The summed E-state index contributed by atoms with van der Waals surface area (Å²) in [5.74, 6) is 3.31. The summed E-state index contributed by atoms with van der Waals surface area (Å²) in [4.78, 5) is 0. The van der Waals surface area contributed by atoms with Crippen LogP contribution in [-0.4, -0.2) is 16.3 Å². The van der Waals surface area contributed by atoms with Gasteiger partial charge in [0.05, 0.1) is 9.71 Å². The summed E-state index contributed by atoms with van der Waals surface area (Å²) in [5.41, 5.74) is 0. The summed E-state index contributed by atoms with van der Waals surface area (Å²) >= 11 is 0. The second-order valence-electron chi connectivity index (χ2n) is 1.27. The highest BCUT2D eigenvalue weighted by Crippen LogP contribution is 1.97. The molecular formula is C4H5NOS. The summed E-state index contributed by atoms with van der Waals surface area (Å²) in [6.07, 6.45) is 3.13. The first kappa shape index (κ1) is 4.59. The van der Waals surface area contributed by atoms with Crippen molar-refractivity contribution in [3.05, 3.63) is 11.5 Å². The highest BCUT2D eigenvalue weighted by molar-refractivity contribution is 8.02. The predicted octanol–water partition coefficient (Wildman–Crippen LogP) is 0.216. The molecule has 1 rings (SSSR count). The fraction of sp³-hybridized carbons (Fsp3) is 0. The highest BCUT2D eigenvalue weighted by atomic mass is 32.2. The van der Waals surface area contributed by atoms with E-state index in [0.29, 0.717) is 0 Å². The van der Waals surface area contributed by atoms with Crippen molar-refractivity contribution in [3.8, 4) is 0 Å². The molecule has 3 heteroatoms. The Morgan fingerprint density at radius 2 is 2.43 bits per heavy atom. The van der Waals surface area contributed by atoms with Gasteiger partial charge in [-0.3, -0.25) is 0 Å². The van der Waals surface area contributed by atoms with Gasteiger partial charge in [0.1, 0.15) is 0 Å². The largest absolute Gasteiger partial charge is 0.241 e. The Morgan fingerprint density at radius 1 is 1.71 bits per heavy atom. The maximum atomic E-state index is 10.6.